The van der Waals surface area contributed by atoms with Crippen LogP contribution in [0, 0.1) is 0 Å². The van der Waals surface area contributed by atoms with E-state index < -0.39 is 10.0 Å². The van der Waals surface area contributed by atoms with Crippen LogP contribution in [0.15, 0.2) is 41.4 Å². The van der Waals surface area contributed by atoms with E-state index in [0.29, 0.717) is 5.69 Å². The van der Waals surface area contributed by atoms with E-state index in [2.05, 4.69) is 14.7 Å². The normalized spacial score (nSPS) is 11.2. The summed E-state index contributed by atoms with van der Waals surface area (Å²) in [5.74, 6) is -0.0927. The van der Waals surface area contributed by atoms with Crippen molar-refractivity contribution in [3.05, 3.63) is 41.7 Å². The molecule has 0 fully saturated rings. The fourth-order valence-electron chi connectivity index (χ4n) is 1.25. The van der Waals surface area contributed by atoms with E-state index in [1.165, 1.54) is 24.4 Å². The first-order valence-electron chi connectivity index (χ1n) is 4.84. The van der Waals surface area contributed by atoms with Gasteiger partial charge in [0.15, 0.2) is 0 Å². The summed E-state index contributed by atoms with van der Waals surface area (Å²) in [5, 5.41) is 0.148. The lowest BCUT2D eigenvalue weighted by Crippen LogP contribution is -2.15. The summed E-state index contributed by atoms with van der Waals surface area (Å²) in [7, 11) is -3.77. The second-order valence-corrected chi connectivity index (χ2v) is 5.45. The first-order chi connectivity index (χ1) is 8.47. The van der Waals surface area contributed by atoms with Crippen LogP contribution < -0.4 is 10.5 Å². The molecule has 0 radical (unpaired) electrons. The Morgan fingerprint density at radius 2 is 2.06 bits per heavy atom. The molecule has 2 rings (SSSR count). The van der Waals surface area contributed by atoms with Gasteiger partial charge in [-0.1, -0.05) is 17.7 Å². The zero-order chi connectivity index (χ0) is 13.2. The zero-order valence-corrected chi connectivity index (χ0v) is 10.6. The maximum Gasteiger partial charge on any atom is 0.264 e. The van der Waals surface area contributed by atoms with E-state index in [1.807, 2.05) is 0 Å². The molecule has 6 nitrogen and oxygen atoms in total. The first kappa shape index (κ1) is 12.6. The predicted octanol–water partition coefficient (Wildman–Crippen LogP) is 1.51. The third-order valence-electron chi connectivity index (χ3n) is 2.02. The number of nitrogen functional groups attached to an aromatic ring is 1. The van der Waals surface area contributed by atoms with Crippen LogP contribution >= 0.6 is 11.6 Å². The number of benzene rings is 1. The Hall–Kier alpha value is -1.86. The highest BCUT2D eigenvalue weighted by atomic mass is 35.5. The number of nitrogens with one attached hydrogen (secondary N) is 1. The number of hydrogen-bond donors (Lipinski definition) is 2. The summed E-state index contributed by atoms with van der Waals surface area (Å²) < 4.78 is 26.2. The number of nitrogens with two attached hydrogens (primary N) is 1. The number of anilines is 2. The van der Waals surface area contributed by atoms with Gasteiger partial charge in [0.05, 0.1) is 4.90 Å². The van der Waals surface area contributed by atoms with Gasteiger partial charge in [-0.25, -0.2) is 23.1 Å². The Balaban J connectivity index is 2.33. The molecule has 94 valence electrons. The molecule has 8 heteroatoms. The van der Waals surface area contributed by atoms with Gasteiger partial charge >= 0.3 is 0 Å². The maximum absolute atomic E-state index is 12.0. The summed E-state index contributed by atoms with van der Waals surface area (Å²) in [6.45, 7) is 0. The fourth-order valence-corrected chi connectivity index (χ4v) is 2.39. The molecule has 0 bridgehead atoms. The van der Waals surface area contributed by atoms with E-state index >= 15 is 0 Å². The van der Waals surface area contributed by atoms with Crippen LogP contribution in [0.4, 0.5) is 11.6 Å². The smallest absolute Gasteiger partial charge is 0.264 e. The standard InChI is InChI=1S/C10H9ClN4O2S/c11-9-4-5-13-10(14-9)15-18(16,17)8-3-1-2-7(12)6-8/h1-6H,12H2,(H,13,14,15). The van der Waals surface area contributed by atoms with Crippen LogP contribution in [0.2, 0.25) is 5.15 Å². The number of aromatic nitrogens is 2. The third-order valence-corrected chi connectivity index (χ3v) is 3.55. The van der Waals surface area contributed by atoms with E-state index in [4.69, 9.17) is 17.3 Å². The zero-order valence-electron chi connectivity index (χ0n) is 9.04. The molecule has 0 amide bonds. The summed E-state index contributed by atoms with van der Waals surface area (Å²) in [6, 6.07) is 7.34. The molecular weight excluding hydrogens is 276 g/mol. The molecule has 1 heterocycles. The summed E-state index contributed by atoms with van der Waals surface area (Å²) in [6.07, 6.45) is 1.35. The highest BCUT2D eigenvalue weighted by Crippen LogP contribution is 2.16. The molecule has 2 aromatic rings. The molecule has 0 spiro atoms. The molecule has 0 saturated heterocycles. The Bertz CT molecular complexity index is 675. The van der Waals surface area contributed by atoms with Gasteiger partial charge in [-0.15, -0.1) is 0 Å². The van der Waals surface area contributed by atoms with Crippen molar-refractivity contribution in [2.75, 3.05) is 10.5 Å². The molecule has 1 aromatic carbocycles. The van der Waals surface area contributed by atoms with Gasteiger partial charge in [0.25, 0.3) is 10.0 Å². The van der Waals surface area contributed by atoms with Crippen LogP contribution in [-0.4, -0.2) is 18.4 Å². The van der Waals surface area contributed by atoms with E-state index in [9.17, 15) is 8.42 Å². The molecule has 1 aromatic heterocycles. The molecule has 3 N–H and O–H groups in total. The van der Waals surface area contributed by atoms with Crippen molar-refractivity contribution in [3.63, 3.8) is 0 Å². The second-order valence-electron chi connectivity index (χ2n) is 3.38. The number of hydrogen-bond acceptors (Lipinski definition) is 5. The second kappa shape index (κ2) is 4.79. The lowest BCUT2D eigenvalue weighted by molar-refractivity contribution is 0.601. The van der Waals surface area contributed by atoms with Crippen molar-refractivity contribution >= 4 is 33.3 Å². The lowest BCUT2D eigenvalue weighted by atomic mass is 10.3. The minimum Gasteiger partial charge on any atom is -0.399 e. The molecule has 0 aliphatic heterocycles. The minimum absolute atomic E-state index is 0.0334. The number of rotatable bonds is 3. The third kappa shape index (κ3) is 2.88. The highest BCUT2D eigenvalue weighted by molar-refractivity contribution is 7.92. The summed E-state index contributed by atoms with van der Waals surface area (Å²) >= 11 is 5.64. The SMILES string of the molecule is Nc1cccc(S(=O)(=O)Nc2nccc(Cl)n2)c1. The van der Waals surface area contributed by atoms with Gasteiger partial charge in [-0.2, -0.15) is 0 Å². The average Bonchev–Trinajstić information content (AvgIpc) is 2.28. The minimum atomic E-state index is -3.77. The molecule has 0 unspecified atom stereocenters. The van der Waals surface area contributed by atoms with E-state index in [1.54, 1.807) is 12.1 Å². The van der Waals surface area contributed by atoms with Gasteiger partial charge < -0.3 is 5.73 Å². The molecule has 0 aliphatic rings. The maximum atomic E-state index is 12.0. The largest absolute Gasteiger partial charge is 0.399 e. The monoisotopic (exact) mass is 284 g/mol. The van der Waals surface area contributed by atoms with Crippen LogP contribution in [0.3, 0.4) is 0 Å². The summed E-state index contributed by atoms with van der Waals surface area (Å²) in [4.78, 5) is 7.53. The van der Waals surface area contributed by atoms with Gasteiger partial charge in [0.1, 0.15) is 5.15 Å². The van der Waals surface area contributed by atoms with Gasteiger partial charge in [-0.3, -0.25) is 0 Å². The van der Waals surface area contributed by atoms with Crippen LogP contribution in [0.25, 0.3) is 0 Å². The Morgan fingerprint density at radius 1 is 1.28 bits per heavy atom. The van der Waals surface area contributed by atoms with Crippen molar-refractivity contribution in [1.82, 2.24) is 9.97 Å². The van der Waals surface area contributed by atoms with Gasteiger partial charge in [0.2, 0.25) is 5.95 Å². The van der Waals surface area contributed by atoms with Gasteiger partial charge in [0, 0.05) is 11.9 Å². The number of sulfonamides is 1. The highest BCUT2D eigenvalue weighted by Gasteiger charge is 2.15. The van der Waals surface area contributed by atoms with E-state index in [0.717, 1.165) is 0 Å². The topological polar surface area (TPSA) is 98.0 Å². The molecule has 0 aliphatic carbocycles. The fraction of sp³-hybridized carbons (Fsp3) is 0. The summed E-state index contributed by atoms with van der Waals surface area (Å²) in [5.41, 5.74) is 5.88. The molecule has 18 heavy (non-hydrogen) atoms. The quantitative estimate of drug-likeness (QED) is 0.658. The van der Waals surface area contributed by atoms with Crippen LogP contribution in [-0.2, 0) is 10.0 Å². The molecular formula is C10H9ClN4O2S. The van der Waals surface area contributed by atoms with Crippen molar-refractivity contribution in [3.8, 4) is 0 Å². The Labute approximate surface area is 109 Å². The van der Waals surface area contributed by atoms with Crippen molar-refractivity contribution in [2.45, 2.75) is 4.90 Å². The average molecular weight is 285 g/mol. The Kier molecular flexibility index (Phi) is 3.35. The molecule has 0 atom stereocenters. The van der Waals surface area contributed by atoms with Crippen molar-refractivity contribution in [2.24, 2.45) is 0 Å². The van der Waals surface area contributed by atoms with Crippen molar-refractivity contribution < 1.29 is 8.42 Å². The van der Waals surface area contributed by atoms with Crippen molar-refractivity contribution in [1.29, 1.82) is 0 Å². The molecule has 0 saturated carbocycles. The lowest BCUT2D eigenvalue weighted by Gasteiger charge is -2.06. The Morgan fingerprint density at radius 3 is 2.72 bits per heavy atom. The van der Waals surface area contributed by atoms with Gasteiger partial charge in [-0.05, 0) is 24.3 Å². The van der Waals surface area contributed by atoms with Crippen LogP contribution in [0.1, 0.15) is 0 Å². The number of nitrogens with zero attached hydrogens (tertiary/aromatic N) is 2. The first-order valence-corrected chi connectivity index (χ1v) is 6.70. The van der Waals surface area contributed by atoms with Crippen LogP contribution in [0.5, 0.6) is 0 Å². The predicted molar refractivity (Wildman–Crippen MR) is 68.7 cm³/mol. The number of halogens is 1. The van der Waals surface area contributed by atoms with E-state index in [-0.39, 0.29) is 16.0 Å².